The molecule has 0 bridgehead atoms. The number of hydrogen-bond donors (Lipinski definition) is 2. The van der Waals surface area contributed by atoms with E-state index in [0.717, 1.165) is 18.4 Å². The first-order chi connectivity index (χ1) is 19.4. The van der Waals surface area contributed by atoms with Gasteiger partial charge in [-0.05, 0) is 61.1 Å². The van der Waals surface area contributed by atoms with Crippen LogP contribution in [0.5, 0.6) is 0 Å². The third-order valence-corrected chi connectivity index (χ3v) is 8.35. The van der Waals surface area contributed by atoms with E-state index in [0.29, 0.717) is 12.8 Å². The number of benzene rings is 3. The van der Waals surface area contributed by atoms with Crippen molar-refractivity contribution < 1.29 is 19.1 Å². The minimum absolute atomic E-state index is 0.0558. The second-order valence-corrected chi connectivity index (χ2v) is 10.9. The smallest absolute Gasteiger partial charge is 0.328 e. The summed E-state index contributed by atoms with van der Waals surface area (Å²) in [6.45, 7) is 1.91. The van der Waals surface area contributed by atoms with Crippen LogP contribution in [-0.4, -0.2) is 48.0 Å². The number of urea groups is 1. The standard InChI is InChI=1S/C33H37N3O4/c1-22(25-16-10-5-11-17-25)34-33(39)35-28-20-26(18-23-12-6-3-7-13-23)30-27(19-24-14-8-4-9-15-24)21-29(32(38)40-2)36(30)31(28)37/h3-17,22,26-30H,18-21H2,1-2H3,(H2,34,35,39)/t22-,26-,27-,28-,29-,30-/m0/s1. The maximum atomic E-state index is 14.0. The summed E-state index contributed by atoms with van der Waals surface area (Å²) in [4.78, 5) is 41.8. The number of amides is 3. The molecule has 208 valence electrons. The first kappa shape index (κ1) is 27.4. The Labute approximate surface area is 235 Å². The minimum atomic E-state index is -0.740. The second-order valence-electron chi connectivity index (χ2n) is 10.9. The van der Waals surface area contributed by atoms with Gasteiger partial charge in [-0.3, -0.25) is 4.79 Å². The summed E-state index contributed by atoms with van der Waals surface area (Å²) in [5, 5.41) is 5.91. The summed E-state index contributed by atoms with van der Waals surface area (Å²) in [6, 6.07) is 27.9. The molecule has 0 saturated carbocycles. The van der Waals surface area contributed by atoms with Crippen LogP contribution in [0.2, 0.25) is 0 Å². The molecule has 3 amide bonds. The molecule has 40 heavy (non-hydrogen) atoms. The van der Waals surface area contributed by atoms with Crippen LogP contribution in [0.15, 0.2) is 91.0 Å². The van der Waals surface area contributed by atoms with Crippen molar-refractivity contribution in [2.24, 2.45) is 11.8 Å². The van der Waals surface area contributed by atoms with Crippen LogP contribution < -0.4 is 10.6 Å². The van der Waals surface area contributed by atoms with E-state index in [1.807, 2.05) is 73.7 Å². The first-order valence-corrected chi connectivity index (χ1v) is 14.0. The van der Waals surface area contributed by atoms with Gasteiger partial charge >= 0.3 is 12.0 Å². The summed E-state index contributed by atoms with van der Waals surface area (Å²) < 4.78 is 5.17. The van der Waals surface area contributed by atoms with E-state index >= 15 is 0 Å². The van der Waals surface area contributed by atoms with Crippen molar-refractivity contribution in [2.45, 2.75) is 56.8 Å². The van der Waals surface area contributed by atoms with Gasteiger partial charge in [0.2, 0.25) is 5.91 Å². The summed E-state index contributed by atoms with van der Waals surface area (Å²) in [6.07, 6.45) is 2.55. The molecule has 2 saturated heterocycles. The van der Waals surface area contributed by atoms with Crippen LogP contribution in [-0.2, 0) is 27.2 Å². The number of hydrogen-bond acceptors (Lipinski definition) is 4. The Balaban J connectivity index is 1.41. The molecule has 0 radical (unpaired) electrons. The van der Waals surface area contributed by atoms with Gasteiger partial charge in [-0.25, -0.2) is 9.59 Å². The van der Waals surface area contributed by atoms with Crippen LogP contribution >= 0.6 is 0 Å². The predicted molar refractivity (Wildman–Crippen MR) is 153 cm³/mol. The van der Waals surface area contributed by atoms with Gasteiger partial charge in [0.1, 0.15) is 12.1 Å². The Hall–Kier alpha value is -4.13. The molecule has 2 aliphatic heterocycles. The number of carbonyl (C=O) groups excluding carboxylic acids is 3. The molecule has 2 heterocycles. The molecule has 5 rings (SSSR count). The molecule has 7 heteroatoms. The molecule has 6 atom stereocenters. The number of esters is 1. The quantitative estimate of drug-likeness (QED) is 0.407. The Morgan fingerprint density at radius 2 is 1.38 bits per heavy atom. The van der Waals surface area contributed by atoms with Crippen molar-refractivity contribution >= 4 is 17.9 Å². The Morgan fingerprint density at radius 1 is 0.850 bits per heavy atom. The van der Waals surface area contributed by atoms with E-state index in [9.17, 15) is 14.4 Å². The third kappa shape index (κ3) is 6.03. The van der Waals surface area contributed by atoms with Crippen molar-refractivity contribution in [2.75, 3.05) is 7.11 Å². The Morgan fingerprint density at radius 3 is 1.93 bits per heavy atom. The van der Waals surface area contributed by atoms with Gasteiger partial charge in [0.15, 0.2) is 0 Å². The molecule has 0 aliphatic carbocycles. The summed E-state index contributed by atoms with van der Waals surface area (Å²) in [5.74, 6) is -0.477. The van der Waals surface area contributed by atoms with Crippen LogP contribution in [0.1, 0.15) is 42.5 Å². The number of rotatable bonds is 8. The molecule has 0 unspecified atom stereocenters. The predicted octanol–water partition coefficient (Wildman–Crippen LogP) is 4.68. The average molecular weight is 540 g/mol. The van der Waals surface area contributed by atoms with Crippen molar-refractivity contribution in [3.05, 3.63) is 108 Å². The fourth-order valence-corrected chi connectivity index (χ4v) is 6.54. The average Bonchev–Trinajstić information content (AvgIpc) is 3.36. The molecule has 2 N–H and O–H groups in total. The van der Waals surface area contributed by atoms with E-state index in [2.05, 4.69) is 34.9 Å². The molecular formula is C33H37N3O4. The Kier molecular flexibility index (Phi) is 8.48. The first-order valence-electron chi connectivity index (χ1n) is 14.0. The van der Waals surface area contributed by atoms with E-state index in [1.54, 1.807) is 4.90 Å². The lowest BCUT2D eigenvalue weighted by Crippen LogP contribution is -2.62. The maximum absolute atomic E-state index is 14.0. The highest BCUT2D eigenvalue weighted by molar-refractivity contribution is 5.92. The number of piperidine rings is 1. The summed E-state index contributed by atoms with van der Waals surface area (Å²) in [5.41, 5.74) is 3.32. The number of carbonyl (C=O) groups is 3. The second kappa shape index (κ2) is 12.4. The third-order valence-electron chi connectivity index (χ3n) is 8.35. The molecule has 3 aromatic rings. The lowest BCUT2D eigenvalue weighted by atomic mass is 9.76. The van der Waals surface area contributed by atoms with Gasteiger partial charge < -0.3 is 20.3 Å². The highest BCUT2D eigenvalue weighted by atomic mass is 16.5. The fourth-order valence-electron chi connectivity index (χ4n) is 6.54. The van der Waals surface area contributed by atoms with Gasteiger partial charge in [-0.1, -0.05) is 91.0 Å². The topological polar surface area (TPSA) is 87.7 Å². The maximum Gasteiger partial charge on any atom is 0.328 e. The van der Waals surface area contributed by atoms with Crippen LogP contribution in [0, 0.1) is 11.8 Å². The molecule has 0 aromatic heterocycles. The lowest BCUT2D eigenvalue weighted by molar-refractivity contribution is -0.156. The van der Waals surface area contributed by atoms with Crippen molar-refractivity contribution in [3.8, 4) is 0 Å². The van der Waals surface area contributed by atoms with Gasteiger partial charge in [0.25, 0.3) is 0 Å². The van der Waals surface area contributed by atoms with Gasteiger partial charge in [-0.15, -0.1) is 0 Å². The molecule has 0 spiro atoms. The fraction of sp³-hybridized carbons (Fsp3) is 0.364. The van der Waals surface area contributed by atoms with E-state index in [-0.39, 0.29) is 29.8 Å². The largest absolute Gasteiger partial charge is 0.467 e. The number of fused-ring (bicyclic) bond motifs is 1. The number of methoxy groups -OCH3 is 1. The van der Waals surface area contributed by atoms with E-state index < -0.39 is 24.1 Å². The van der Waals surface area contributed by atoms with Crippen LogP contribution in [0.3, 0.4) is 0 Å². The van der Waals surface area contributed by atoms with Gasteiger partial charge in [-0.2, -0.15) is 0 Å². The number of ether oxygens (including phenoxy) is 1. The Bertz CT molecular complexity index is 1300. The monoisotopic (exact) mass is 539 g/mol. The van der Waals surface area contributed by atoms with Crippen LogP contribution in [0.4, 0.5) is 4.79 Å². The highest BCUT2D eigenvalue weighted by Gasteiger charge is 2.55. The lowest BCUT2D eigenvalue weighted by Gasteiger charge is -2.44. The van der Waals surface area contributed by atoms with E-state index in [4.69, 9.17) is 4.74 Å². The normalized spacial score (nSPS) is 24.6. The highest BCUT2D eigenvalue weighted by Crippen LogP contribution is 2.43. The molecule has 7 nitrogen and oxygen atoms in total. The van der Waals surface area contributed by atoms with Crippen molar-refractivity contribution in [3.63, 3.8) is 0 Å². The molecule has 3 aromatic carbocycles. The zero-order chi connectivity index (χ0) is 28.1. The SMILES string of the molecule is COC(=O)[C@@H]1C[C@H](Cc2ccccc2)[C@@H]2[C@@H](Cc3ccccc3)C[C@H](NC(=O)N[C@@H](C)c3ccccc3)C(=O)N21. The van der Waals surface area contributed by atoms with Crippen molar-refractivity contribution in [1.29, 1.82) is 0 Å². The van der Waals surface area contributed by atoms with E-state index in [1.165, 1.54) is 18.2 Å². The molecule has 2 aliphatic rings. The van der Waals surface area contributed by atoms with Crippen molar-refractivity contribution in [1.82, 2.24) is 15.5 Å². The summed E-state index contributed by atoms with van der Waals surface area (Å²) in [7, 11) is 1.37. The minimum Gasteiger partial charge on any atom is -0.467 e. The number of nitrogens with zero attached hydrogens (tertiary/aromatic N) is 1. The summed E-state index contributed by atoms with van der Waals surface area (Å²) >= 11 is 0. The van der Waals surface area contributed by atoms with Gasteiger partial charge in [0, 0.05) is 6.04 Å². The van der Waals surface area contributed by atoms with Crippen LogP contribution in [0.25, 0.3) is 0 Å². The molecular weight excluding hydrogens is 502 g/mol. The zero-order valence-corrected chi connectivity index (χ0v) is 23.0. The zero-order valence-electron chi connectivity index (χ0n) is 23.0. The van der Waals surface area contributed by atoms with Gasteiger partial charge in [0.05, 0.1) is 13.2 Å². The molecule has 2 fully saturated rings. The number of nitrogens with one attached hydrogen (secondary N) is 2.